The molecule has 0 N–H and O–H groups in total. The van der Waals surface area contributed by atoms with Gasteiger partial charge in [-0.05, 0) is 44.4 Å². The average Bonchev–Trinajstić information content (AvgIpc) is 2.49. The van der Waals surface area contributed by atoms with E-state index in [2.05, 4.69) is 0 Å². The van der Waals surface area contributed by atoms with Gasteiger partial charge in [0.2, 0.25) is 0 Å². The molecule has 0 spiro atoms. The molecule has 114 valence electrons. The SMILES string of the molecule is CCOC(=O)[C@H]1CCCN(C(=O)c2cc(F)ccc2C)C1. The summed E-state index contributed by atoms with van der Waals surface area (Å²) in [4.78, 5) is 25.9. The van der Waals surface area contributed by atoms with Gasteiger partial charge in [-0.25, -0.2) is 4.39 Å². The monoisotopic (exact) mass is 293 g/mol. The molecule has 0 aromatic heterocycles. The Morgan fingerprint density at radius 3 is 2.90 bits per heavy atom. The van der Waals surface area contributed by atoms with E-state index >= 15 is 0 Å². The van der Waals surface area contributed by atoms with Crippen molar-refractivity contribution in [1.29, 1.82) is 0 Å². The van der Waals surface area contributed by atoms with Gasteiger partial charge in [0.1, 0.15) is 5.82 Å². The van der Waals surface area contributed by atoms with Crippen molar-refractivity contribution in [3.05, 3.63) is 35.1 Å². The third-order valence-corrected chi connectivity index (χ3v) is 3.76. The van der Waals surface area contributed by atoms with Crippen molar-refractivity contribution in [1.82, 2.24) is 4.90 Å². The molecule has 0 unspecified atom stereocenters. The summed E-state index contributed by atoms with van der Waals surface area (Å²) in [7, 11) is 0. The Morgan fingerprint density at radius 2 is 2.19 bits per heavy atom. The van der Waals surface area contributed by atoms with Gasteiger partial charge in [0.05, 0.1) is 12.5 Å². The molecule has 1 aromatic carbocycles. The van der Waals surface area contributed by atoms with Gasteiger partial charge in [0, 0.05) is 18.7 Å². The molecule has 0 saturated carbocycles. The molecule has 5 heteroatoms. The number of esters is 1. The van der Waals surface area contributed by atoms with Crippen LogP contribution in [-0.2, 0) is 9.53 Å². The molecule has 1 aliphatic heterocycles. The first-order chi connectivity index (χ1) is 10.0. The minimum Gasteiger partial charge on any atom is -0.466 e. The van der Waals surface area contributed by atoms with Crippen LogP contribution in [0.5, 0.6) is 0 Å². The third-order valence-electron chi connectivity index (χ3n) is 3.76. The molecule has 1 aliphatic rings. The summed E-state index contributed by atoms with van der Waals surface area (Å²) >= 11 is 0. The van der Waals surface area contributed by atoms with Crippen LogP contribution in [0.3, 0.4) is 0 Å². The van der Waals surface area contributed by atoms with Crippen LogP contribution in [0, 0.1) is 18.7 Å². The van der Waals surface area contributed by atoms with Crippen molar-refractivity contribution in [2.75, 3.05) is 19.7 Å². The van der Waals surface area contributed by atoms with Crippen LogP contribution in [0.1, 0.15) is 35.7 Å². The Morgan fingerprint density at radius 1 is 1.43 bits per heavy atom. The van der Waals surface area contributed by atoms with Gasteiger partial charge >= 0.3 is 5.97 Å². The average molecular weight is 293 g/mol. The molecule has 0 radical (unpaired) electrons. The zero-order valence-corrected chi connectivity index (χ0v) is 12.4. The molecule has 0 bridgehead atoms. The number of amides is 1. The maximum atomic E-state index is 13.3. The highest BCUT2D eigenvalue weighted by Gasteiger charge is 2.30. The summed E-state index contributed by atoms with van der Waals surface area (Å²) in [6.07, 6.45) is 1.48. The Balaban J connectivity index is 2.12. The first kappa shape index (κ1) is 15.5. The fourth-order valence-electron chi connectivity index (χ4n) is 2.61. The van der Waals surface area contributed by atoms with E-state index in [9.17, 15) is 14.0 Å². The van der Waals surface area contributed by atoms with Gasteiger partial charge in [-0.2, -0.15) is 0 Å². The first-order valence-electron chi connectivity index (χ1n) is 7.25. The van der Waals surface area contributed by atoms with Crippen LogP contribution in [0.2, 0.25) is 0 Å². The highest BCUT2D eigenvalue weighted by Crippen LogP contribution is 2.21. The smallest absolute Gasteiger partial charge is 0.310 e. The zero-order valence-electron chi connectivity index (χ0n) is 12.4. The summed E-state index contributed by atoms with van der Waals surface area (Å²) in [5.74, 6) is -1.19. The number of nitrogens with zero attached hydrogens (tertiary/aromatic N) is 1. The molecule has 4 nitrogen and oxygen atoms in total. The second-order valence-corrected chi connectivity index (χ2v) is 5.30. The quantitative estimate of drug-likeness (QED) is 0.805. The van der Waals surface area contributed by atoms with E-state index in [0.29, 0.717) is 25.3 Å². The lowest BCUT2D eigenvalue weighted by molar-refractivity contribution is -0.149. The Labute approximate surface area is 123 Å². The lowest BCUT2D eigenvalue weighted by atomic mass is 9.97. The van der Waals surface area contributed by atoms with Crippen LogP contribution >= 0.6 is 0 Å². The van der Waals surface area contributed by atoms with Crippen LogP contribution in [-0.4, -0.2) is 36.5 Å². The lowest BCUT2D eigenvalue weighted by Gasteiger charge is -2.32. The molecule has 21 heavy (non-hydrogen) atoms. The maximum Gasteiger partial charge on any atom is 0.310 e. The van der Waals surface area contributed by atoms with Gasteiger partial charge in [-0.15, -0.1) is 0 Å². The number of ether oxygens (including phenoxy) is 1. The summed E-state index contributed by atoms with van der Waals surface area (Å²) in [6, 6.07) is 4.19. The van der Waals surface area contributed by atoms with Crippen LogP contribution < -0.4 is 0 Å². The van der Waals surface area contributed by atoms with Crippen molar-refractivity contribution >= 4 is 11.9 Å². The highest BCUT2D eigenvalue weighted by molar-refractivity contribution is 5.96. The number of piperidine rings is 1. The number of hydrogen-bond acceptors (Lipinski definition) is 3. The second kappa shape index (κ2) is 6.70. The second-order valence-electron chi connectivity index (χ2n) is 5.30. The van der Waals surface area contributed by atoms with Crippen LogP contribution in [0.25, 0.3) is 0 Å². The highest BCUT2D eigenvalue weighted by atomic mass is 19.1. The van der Waals surface area contributed by atoms with Gasteiger partial charge < -0.3 is 9.64 Å². The van der Waals surface area contributed by atoms with Crippen LogP contribution in [0.15, 0.2) is 18.2 Å². The number of carbonyl (C=O) groups excluding carboxylic acids is 2. The van der Waals surface area contributed by atoms with E-state index in [-0.39, 0.29) is 17.8 Å². The predicted molar refractivity (Wildman–Crippen MR) is 76.4 cm³/mol. The third kappa shape index (κ3) is 3.60. The summed E-state index contributed by atoms with van der Waals surface area (Å²) < 4.78 is 18.4. The number of likely N-dealkylation sites (tertiary alicyclic amines) is 1. The molecule has 1 atom stereocenters. The summed E-state index contributed by atoms with van der Waals surface area (Å²) in [5.41, 5.74) is 1.10. The van der Waals surface area contributed by atoms with Gasteiger partial charge in [-0.3, -0.25) is 9.59 Å². The maximum absolute atomic E-state index is 13.3. The molecule has 1 saturated heterocycles. The molecule has 2 rings (SSSR count). The number of halogens is 1. The van der Waals surface area contributed by atoms with E-state index in [4.69, 9.17) is 4.74 Å². The number of carbonyl (C=O) groups is 2. The standard InChI is InChI=1S/C16H20FNO3/c1-3-21-16(20)12-5-4-8-18(10-12)15(19)14-9-13(17)7-6-11(14)2/h6-7,9,12H,3-5,8,10H2,1-2H3/t12-/m0/s1. The normalized spacial score (nSPS) is 18.4. The van der Waals surface area contributed by atoms with Gasteiger partial charge in [0.15, 0.2) is 0 Å². The largest absolute Gasteiger partial charge is 0.466 e. The number of hydrogen-bond donors (Lipinski definition) is 0. The van der Waals surface area contributed by atoms with Crippen molar-refractivity contribution in [3.63, 3.8) is 0 Å². The van der Waals surface area contributed by atoms with E-state index in [0.717, 1.165) is 18.4 Å². The van der Waals surface area contributed by atoms with E-state index < -0.39 is 5.82 Å². The predicted octanol–water partition coefficient (Wildman–Crippen LogP) is 2.55. The molecular weight excluding hydrogens is 273 g/mol. The van der Waals surface area contributed by atoms with Crippen molar-refractivity contribution in [2.24, 2.45) is 5.92 Å². The summed E-state index contributed by atoms with van der Waals surface area (Å²) in [6.45, 7) is 4.81. The topological polar surface area (TPSA) is 46.6 Å². The zero-order chi connectivity index (χ0) is 15.4. The fraction of sp³-hybridized carbons (Fsp3) is 0.500. The van der Waals surface area contributed by atoms with Crippen molar-refractivity contribution in [3.8, 4) is 0 Å². The minimum atomic E-state index is -0.428. The van der Waals surface area contributed by atoms with Crippen molar-refractivity contribution < 1.29 is 18.7 Å². The minimum absolute atomic E-state index is 0.221. The Hall–Kier alpha value is -1.91. The number of aryl methyl sites for hydroxylation is 1. The molecule has 1 aromatic rings. The fourth-order valence-corrected chi connectivity index (χ4v) is 2.61. The van der Waals surface area contributed by atoms with Crippen molar-refractivity contribution in [2.45, 2.75) is 26.7 Å². The van der Waals surface area contributed by atoms with Gasteiger partial charge in [0.25, 0.3) is 5.91 Å². The molecule has 1 amide bonds. The molecular formula is C16H20FNO3. The Kier molecular flexibility index (Phi) is 4.94. The number of rotatable bonds is 3. The molecule has 1 heterocycles. The van der Waals surface area contributed by atoms with Gasteiger partial charge in [-0.1, -0.05) is 6.07 Å². The van der Waals surface area contributed by atoms with E-state index in [1.54, 1.807) is 24.8 Å². The van der Waals surface area contributed by atoms with Crippen LogP contribution in [0.4, 0.5) is 4.39 Å². The first-order valence-corrected chi connectivity index (χ1v) is 7.25. The molecule has 0 aliphatic carbocycles. The molecule has 1 fully saturated rings. The Bertz CT molecular complexity index is 544. The number of benzene rings is 1. The summed E-state index contributed by atoms with van der Waals surface area (Å²) in [5, 5.41) is 0. The van der Waals surface area contributed by atoms with E-state index in [1.807, 2.05) is 0 Å². The lowest BCUT2D eigenvalue weighted by Crippen LogP contribution is -2.43. The van der Waals surface area contributed by atoms with E-state index in [1.165, 1.54) is 12.1 Å².